The Morgan fingerprint density at radius 3 is 2.83 bits per heavy atom. The van der Waals surface area contributed by atoms with Gasteiger partial charge in [-0.2, -0.15) is 0 Å². The lowest BCUT2D eigenvalue weighted by atomic mass is 9.74. The van der Waals surface area contributed by atoms with Crippen molar-refractivity contribution in [3.63, 3.8) is 0 Å². The molecule has 1 aromatic heterocycles. The van der Waals surface area contributed by atoms with Gasteiger partial charge in [-0.1, -0.05) is 42.5 Å². The molecule has 2 unspecified atom stereocenters. The number of hydrogen-bond acceptors (Lipinski definition) is 4. The molecule has 0 radical (unpaired) electrons. The number of alkyl halides is 1. The minimum Gasteiger partial charge on any atom is -0.381 e. The van der Waals surface area contributed by atoms with Crippen LogP contribution in [0.25, 0.3) is 16.5 Å². The second kappa shape index (κ2) is 8.21. The highest BCUT2D eigenvalue weighted by Crippen LogP contribution is 2.39. The smallest absolute Gasteiger partial charge is 0.135 e. The number of benzene rings is 2. The van der Waals surface area contributed by atoms with Gasteiger partial charge in [0.1, 0.15) is 18.1 Å². The van der Waals surface area contributed by atoms with Crippen LogP contribution in [0.3, 0.4) is 0 Å². The van der Waals surface area contributed by atoms with Gasteiger partial charge in [-0.3, -0.25) is 4.99 Å². The van der Waals surface area contributed by atoms with Crippen molar-refractivity contribution in [1.82, 2.24) is 9.97 Å². The molecule has 4 nitrogen and oxygen atoms in total. The molecule has 5 heteroatoms. The minimum atomic E-state index is -1.67. The van der Waals surface area contributed by atoms with Crippen LogP contribution in [0.1, 0.15) is 30.7 Å². The number of aliphatic hydroxyl groups is 1. The summed E-state index contributed by atoms with van der Waals surface area (Å²) in [5.74, 6) is 0.333. The van der Waals surface area contributed by atoms with Gasteiger partial charge in [-0.25, -0.2) is 14.4 Å². The lowest BCUT2D eigenvalue weighted by Crippen LogP contribution is -2.43. The van der Waals surface area contributed by atoms with Crippen molar-refractivity contribution in [2.75, 3.05) is 6.67 Å². The number of aromatic nitrogens is 2. The van der Waals surface area contributed by atoms with Crippen LogP contribution >= 0.6 is 0 Å². The van der Waals surface area contributed by atoms with E-state index in [0.717, 1.165) is 34.9 Å². The van der Waals surface area contributed by atoms with Crippen LogP contribution in [0, 0.1) is 12.8 Å². The molecular formula is C24H24FN3O. The monoisotopic (exact) mass is 389 g/mol. The van der Waals surface area contributed by atoms with E-state index in [2.05, 4.69) is 21.0 Å². The molecule has 1 aliphatic carbocycles. The summed E-state index contributed by atoms with van der Waals surface area (Å²) in [6.45, 7) is 0.934. The molecule has 0 saturated carbocycles. The Morgan fingerprint density at radius 1 is 1.21 bits per heavy atom. The Kier molecular flexibility index (Phi) is 5.49. The Morgan fingerprint density at radius 2 is 2.03 bits per heavy atom. The van der Waals surface area contributed by atoms with Gasteiger partial charge in [0, 0.05) is 23.7 Å². The maximum absolute atomic E-state index is 14.2. The number of aliphatic imine (C=N–C) groups is 1. The third-order valence-corrected chi connectivity index (χ3v) is 5.51. The predicted octanol–water partition coefficient (Wildman–Crippen LogP) is 5.22. The molecule has 0 spiro atoms. The number of halogens is 1. The highest BCUT2D eigenvalue weighted by molar-refractivity contribution is 5.91. The highest BCUT2D eigenvalue weighted by atomic mass is 19.1. The fourth-order valence-electron chi connectivity index (χ4n) is 3.99. The summed E-state index contributed by atoms with van der Waals surface area (Å²) in [4.78, 5) is 13.1. The van der Waals surface area contributed by atoms with Gasteiger partial charge in [0.15, 0.2) is 0 Å². The molecule has 1 N–H and O–H groups in total. The summed E-state index contributed by atoms with van der Waals surface area (Å²) < 4.78 is 14.2. The molecule has 1 aliphatic rings. The molecule has 4 rings (SSSR count). The Balaban J connectivity index is 1.70. The van der Waals surface area contributed by atoms with Crippen molar-refractivity contribution < 1.29 is 9.50 Å². The highest BCUT2D eigenvalue weighted by Gasteiger charge is 2.39. The van der Waals surface area contributed by atoms with Crippen LogP contribution in [-0.2, 0) is 0 Å². The van der Waals surface area contributed by atoms with E-state index in [9.17, 15) is 9.50 Å². The number of rotatable bonds is 5. The SMILES string of the molecule is Cc1ncc2c(N=CC(O)(CF)C3CCCC=C3c3ccccc3)cccc2n1. The van der Waals surface area contributed by atoms with Crippen LogP contribution in [0.15, 0.2) is 65.8 Å². The molecule has 0 fully saturated rings. The number of allylic oxidation sites excluding steroid dienone is 1. The third-order valence-electron chi connectivity index (χ3n) is 5.51. The number of aryl methyl sites for hydroxylation is 1. The molecule has 0 bridgehead atoms. The second-order valence-corrected chi connectivity index (χ2v) is 7.52. The van der Waals surface area contributed by atoms with Crippen molar-refractivity contribution in [3.05, 3.63) is 72.2 Å². The summed E-state index contributed by atoms with van der Waals surface area (Å²) >= 11 is 0. The Bertz CT molecular complexity index is 1060. The maximum atomic E-state index is 14.2. The molecule has 0 aliphatic heterocycles. The molecule has 0 amide bonds. The zero-order chi connectivity index (χ0) is 20.3. The first-order chi connectivity index (χ1) is 14.1. The quantitative estimate of drug-likeness (QED) is 0.608. The van der Waals surface area contributed by atoms with Crippen LogP contribution < -0.4 is 0 Å². The maximum Gasteiger partial charge on any atom is 0.135 e. The molecular weight excluding hydrogens is 365 g/mol. The van der Waals surface area contributed by atoms with E-state index < -0.39 is 12.3 Å². The predicted molar refractivity (Wildman–Crippen MR) is 115 cm³/mol. The number of hydrogen-bond donors (Lipinski definition) is 1. The van der Waals surface area contributed by atoms with Crippen molar-refractivity contribution >= 4 is 28.4 Å². The van der Waals surface area contributed by atoms with Crippen molar-refractivity contribution in [2.45, 2.75) is 31.8 Å². The van der Waals surface area contributed by atoms with E-state index in [0.29, 0.717) is 17.9 Å². The molecule has 1 heterocycles. The Labute approximate surface area is 169 Å². The number of nitrogens with zero attached hydrogens (tertiary/aromatic N) is 3. The fraction of sp³-hybridized carbons (Fsp3) is 0.292. The second-order valence-electron chi connectivity index (χ2n) is 7.52. The average molecular weight is 389 g/mol. The fourth-order valence-corrected chi connectivity index (χ4v) is 3.99. The molecule has 0 saturated heterocycles. The summed E-state index contributed by atoms with van der Waals surface area (Å²) in [5.41, 5.74) is 1.73. The van der Waals surface area contributed by atoms with E-state index >= 15 is 0 Å². The summed E-state index contributed by atoms with van der Waals surface area (Å²) in [6, 6.07) is 15.5. The third kappa shape index (κ3) is 3.96. The molecule has 148 valence electrons. The first kappa shape index (κ1) is 19.4. The lowest BCUT2D eigenvalue weighted by Gasteiger charge is -2.35. The largest absolute Gasteiger partial charge is 0.381 e. The van der Waals surface area contributed by atoms with E-state index in [4.69, 9.17) is 0 Å². The van der Waals surface area contributed by atoms with E-state index in [1.807, 2.05) is 55.5 Å². The van der Waals surface area contributed by atoms with Gasteiger partial charge in [0.05, 0.1) is 11.2 Å². The van der Waals surface area contributed by atoms with Gasteiger partial charge in [0.25, 0.3) is 0 Å². The van der Waals surface area contributed by atoms with Crippen LogP contribution in [0.4, 0.5) is 10.1 Å². The van der Waals surface area contributed by atoms with E-state index in [-0.39, 0.29) is 5.92 Å². The normalized spacial score (nSPS) is 19.3. The first-order valence-corrected chi connectivity index (χ1v) is 9.92. The topological polar surface area (TPSA) is 58.4 Å². The van der Waals surface area contributed by atoms with Gasteiger partial charge < -0.3 is 5.11 Å². The first-order valence-electron chi connectivity index (χ1n) is 9.92. The molecule has 2 aromatic carbocycles. The summed E-state index contributed by atoms with van der Waals surface area (Å²) in [6.07, 6.45) is 7.76. The Hall–Kier alpha value is -2.92. The minimum absolute atomic E-state index is 0.346. The van der Waals surface area contributed by atoms with Crippen LogP contribution in [0.2, 0.25) is 0 Å². The van der Waals surface area contributed by atoms with E-state index in [1.54, 1.807) is 6.20 Å². The van der Waals surface area contributed by atoms with Crippen molar-refractivity contribution in [1.29, 1.82) is 0 Å². The van der Waals surface area contributed by atoms with Gasteiger partial charge >= 0.3 is 0 Å². The van der Waals surface area contributed by atoms with Crippen molar-refractivity contribution in [2.24, 2.45) is 10.9 Å². The zero-order valence-electron chi connectivity index (χ0n) is 16.4. The molecule has 2 atom stereocenters. The summed E-state index contributed by atoms with van der Waals surface area (Å²) in [5, 5.41) is 12.0. The lowest BCUT2D eigenvalue weighted by molar-refractivity contribution is 0.0456. The van der Waals surface area contributed by atoms with Crippen LogP contribution in [-0.4, -0.2) is 33.6 Å². The van der Waals surface area contributed by atoms with Crippen LogP contribution in [0.5, 0.6) is 0 Å². The van der Waals surface area contributed by atoms with Gasteiger partial charge in [-0.05, 0) is 49.5 Å². The number of fused-ring (bicyclic) bond motifs is 1. The van der Waals surface area contributed by atoms with E-state index in [1.165, 1.54) is 6.21 Å². The standard InChI is InChI=1S/C24H24FN3O/c1-17-26-14-20-22(12-7-13-23(20)28-17)27-16-24(29,15-25)21-11-6-5-10-19(21)18-8-3-2-4-9-18/h2-4,7-10,12-14,16,21,29H,5-6,11,15H2,1H3. The summed E-state index contributed by atoms with van der Waals surface area (Å²) in [7, 11) is 0. The van der Waals surface area contributed by atoms with Gasteiger partial charge in [-0.15, -0.1) is 0 Å². The van der Waals surface area contributed by atoms with Crippen molar-refractivity contribution in [3.8, 4) is 0 Å². The molecule has 29 heavy (non-hydrogen) atoms. The molecule has 3 aromatic rings. The average Bonchev–Trinajstić information content (AvgIpc) is 2.77. The zero-order valence-corrected chi connectivity index (χ0v) is 16.4. The van der Waals surface area contributed by atoms with Gasteiger partial charge in [0.2, 0.25) is 0 Å².